The number of rotatable bonds is 4. The van der Waals surface area contributed by atoms with E-state index in [9.17, 15) is 10.1 Å². The number of allylic oxidation sites excluding steroid dienone is 1. The number of hydrogen-bond acceptors (Lipinski definition) is 4. The van der Waals surface area contributed by atoms with Gasteiger partial charge in [0.1, 0.15) is 6.10 Å². The smallest absolute Gasteiger partial charge is 0.269 e. The first kappa shape index (κ1) is 12.4. The van der Waals surface area contributed by atoms with Gasteiger partial charge in [-0.1, -0.05) is 0 Å². The molecule has 1 unspecified atom stereocenters. The molecular weight excluding hydrogens is 232 g/mol. The summed E-state index contributed by atoms with van der Waals surface area (Å²) in [6.45, 7) is 2.57. The van der Waals surface area contributed by atoms with Gasteiger partial charge in [-0.05, 0) is 37.5 Å². The second kappa shape index (κ2) is 5.53. The summed E-state index contributed by atoms with van der Waals surface area (Å²) in [6, 6.07) is 4.83. The van der Waals surface area contributed by atoms with E-state index >= 15 is 0 Å². The molecule has 1 aromatic rings. The molecule has 0 radical (unpaired) electrons. The molecule has 5 nitrogen and oxygen atoms in total. The van der Waals surface area contributed by atoms with E-state index in [2.05, 4.69) is 5.32 Å². The molecule has 18 heavy (non-hydrogen) atoms. The van der Waals surface area contributed by atoms with E-state index in [1.165, 1.54) is 6.07 Å². The van der Waals surface area contributed by atoms with Crippen molar-refractivity contribution in [3.05, 3.63) is 46.2 Å². The molecule has 0 amide bonds. The van der Waals surface area contributed by atoms with Gasteiger partial charge in [-0.15, -0.1) is 0 Å². The lowest BCUT2D eigenvalue weighted by atomic mass is 10.1. The number of aryl methyl sites for hydroxylation is 1. The normalized spacial score (nSPS) is 18.2. The number of hydrogen-bond donors (Lipinski definition) is 1. The monoisotopic (exact) mass is 248 g/mol. The molecule has 0 aromatic heterocycles. The van der Waals surface area contributed by atoms with Gasteiger partial charge in [-0.3, -0.25) is 10.1 Å². The van der Waals surface area contributed by atoms with Gasteiger partial charge in [-0.2, -0.15) is 0 Å². The lowest BCUT2D eigenvalue weighted by Gasteiger charge is -2.20. The number of anilines is 1. The van der Waals surface area contributed by atoms with Crippen LogP contribution in [-0.2, 0) is 4.74 Å². The Labute approximate surface area is 106 Å². The Kier molecular flexibility index (Phi) is 3.82. The molecule has 1 aromatic carbocycles. The van der Waals surface area contributed by atoms with Crippen LogP contribution in [0.15, 0.2) is 30.5 Å². The molecule has 1 N–H and O–H groups in total. The number of nitrogens with zero attached hydrogens (tertiary/aromatic N) is 1. The zero-order chi connectivity index (χ0) is 13.0. The van der Waals surface area contributed by atoms with Crippen molar-refractivity contribution in [2.45, 2.75) is 25.9 Å². The highest BCUT2D eigenvalue weighted by atomic mass is 16.6. The van der Waals surface area contributed by atoms with E-state index in [1.54, 1.807) is 18.4 Å². The van der Waals surface area contributed by atoms with E-state index in [0.29, 0.717) is 6.54 Å². The first-order valence-corrected chi connectivity index (χ1v) is 5.96. The molecule has 1 aliphatic rings. The molecule has 96 valence electrons. The fourth-order valence-corrected chi connectivity index (χ4v) is 1.92. The average molecular weight is 248 g/mol. The minimum absolute atomic E-state index is 0.120. The van der Waals surface area contributed by atoms with Gasteiger partial charge in [0.2, 0.25) is 0 Å². The largest absolute Gasteiger partial charge is 0.497 e. The fraction of sp³-hybridized carbons (Fsp3) is 0.385. The Morgan fingerprint density at radius 1 is 1.56 bits per heavy atom. The number of nitro benzene ring substituents is 1. The third-order valence-electron chi connectivity index (χ3n) is 2.96. The van der Waals surface area contributed by atoms with E-state index in [4.69, 9.17) is 4.74 Å². The number of nitrogens with one attached hydrogen (secondary N) is 1. The van der Waals surface area contributed by atoms with Crippen LogP contribution in [0.25, 0.3) is 0 Å². The van der Waals surface area contributed by atoms with Crippen molar-refractivity contribution >= 4 is 11.4 Å². The zero-order valence-corrected chi connectivity index (χ0v) is 10.3. The second-order valence-corrected chi connectivity index (χ2v) is 4.34. The maximum Gasteiger partial charge on any atom is 0.269 e. The molecule has 2 rings (SSSR count). The highest BCUT2D eigenvalue weighted by molar-refractivity contribution is 5.55. The number of ether oxygens (including phenoxy) is 1. The van der Waals surface area contributed by atoms with Crippen molar-refractivity contribution in [3.8, 4) is 0 Å². The number of benzene rings is 1. The molecule has 0 saturated carbocycles. The van der Waals surface area contributed by atoms with E-state index in [-0.39, 0.29) is 16.7 Å². The summed E-state index contributed by atoms with van der Waals surface area (Å²) < 4.78 is 5.45. The van der Waals surface area contributed by atoms with Crippen LogP contribution < -0.4 is 5.32 Å². The third kappa shape index (κ3) is 3.00. The molecule has 5 heteroatoms. The molecule has 1 aliphatic heterocycles. The van der Waals surface area contributed by atoms with Crippen LogP contribution in [0.4, 0.5) is 11.4 Å². The van der Waals surface area contributed by atoms with Gasteiger partial charge >= 0.3 is 0 Å². The molecule has 0 aliphatic carbocycles. The van der Waals surface area contributed by atoms with Gasteiger partial charge in [0.05, 0.1) is 17.7 Å². The molecule has 0 spiro atoms. The standard InChI is InChI=1S/C13H16N2O3/c1-10-8-11(15(16)17)5-6-13(10)14-9-12-4-2-3-7-18-12/h3,5-8,12,14H,2,4,9H2,1H3. The molecular formula is C13H16N2O3. The van der Waals surface area contributed by atoms with Crippen molar-refractivity contribution in [2.75, 3.05) is 11.9 Å². The van der Waals surface area contributed by atoms with Gasteiger partial charge in [0, 0.05) is 17.8 Å². The van der Waals surface area contributed by atoms with Gasteiger partial charge in [0.15, 0.2) is 0 Å². The molecule has 0 saturated heterocycles. The van der Waals surface area contributed by atoms with Crippen LogP contribution >= 0.6 is 0 Å². The molecule has 1 atom stereocenters. The van der Waals surface area contributed by atoms with Gasteiger partial charge in [-0.25, -0.2) is 0 Å². The Balaban J connectivity index is 1.97. The van der Waals surface area contributed by atoms with Crippen LogP contribution in [0.3, 0.4) is 0 Å². The van der Waals surface area contributed by atoms with Crippen molar-refractivity contribution in [3.63, 3.8) is 0 Å². The van der Waals surface area contributed by atoms with Gasteiger partial charge < -0.3 is 10.1 Å². The first-order valence-electron chi connectivity index (χ1n) is 5.96. The average Bonchev–Trinajstić information content (AvgIpc) is 2.38. The maximum absolute atomic E-state index is 10.6. The van der Waals surface area contributed by atoms with Crippen molar-refractivity contribution in [1.82, 2.24) is 0 Å². The highest BCUT2D eigenvalue weighted by Crippen LogP contribution is 2.21. The predicted octanol–water partition coefficient (Wildman–Crippen LogP) is 3.01. The van der Waals surface area contributed by atoms with Crippen molar-refractivity contribution in [1.29, 1.82) is 0 Å². The Bertz CT molecular complexity index is 471. The Hall–Kier alpha value is -2.04. The lowest BCUT2D eigenvalue weighted by molar-refractivity contribution is -0.384. The van der Waals surface area contributed by atoms with Gasteiger partial charge in [0.25, 0.3) is 5.69 Å². The Morgan fingerprint density at radius 3 is 3.00 bits per heavy atom. The third-order valence-corrected chi connectivity index (χ3v) is 2.96. The molecule has 0 fully saturated rings. The van der Waals surface area contributed by atoms with E-state index in [0.717, 1.165) is 24.1 Å². The van der Waals surface area contributed by atoms with E-state index < -0.39 is 0 Å². The SMILES string of the molecule is Cc1cc([N+](=O)[O-])ccc1NCC1CCC=CO1. The Morgan fingerprint density at radius 2 is 2.39 bits per heavy atom. The summed E-state index contributed by atoms with van der Waals surface area (Å²) >= 11 is 0. The minimum Gasteiger partial charge on any atom is -0.497 e. The fourth-order valence-electron chi connectivity index (χ4n) is 1.92. The van der Waals surface area contributed by atoms with Crippen LogP contribution in [-0.4, -0.2) is 17.6 Å². The van der Waals surface area contributed by atoms with Crippen LogP contribution in [0.5, 0.6) is 0 Å². The molecule has 1 heterocycles. The highest BCUT2D eigenvalue weighted by Gasteiger charge is 2.12. The van der Waals surface area contributed by atoms with Crippen LogP contribution in [0, 0.1) is 17.0 Å². The molecule has 0 bridgehead atoms. The minimum atomic E-state index is -0.383. The topological polar surface area (TPSA) is 64.4 Å². The number of non-ortho nitro benzene ring substituents is 1. The summed E-state index contributed by atoms with van der Waals surface area (Å²) in [5.41, 5.74) is 1.91. The maximum atomic E-state index is 10.6. The summed E-state index contributed by atoms with van der Waals surface area (Å²) in [5, 5.41) is 13.9. The zero-order valence-electron chi connectivity index (χ0n) is 10.3. The summed E-state index contributed by atoms with van der Waals surface area (Å²) in [7, 11) is 0. The van der Waals surface area contributed by atoms with Crippen molar-refractivity contribution in [2.24, 2.45) is 0 Å². The van der Waals surface area contributed by atoms with Crippen LogP contribution in [0.2, 0.25) is 0 Å². The summed E-state index contributed by atoms with van der Waals surface area (Å²) in [5.74, 6) is 0. The quantitative estimate of drug-likeness (QED) is 0.657. The van der Waals surface area contributed by atoms with Crippen molar-refractivity contribution < 1.29 is 9.66 Å². The van der Waals surface area contributed by atoms with Crippen LogP contribution in [0.1, 0.15) is 18.4 Å². The summed E-state index contributed by atoms with van der Waals surface area (Å²) in [4.78, 5) is 10.2. The second-order valence-electron chi connectivity index (χ2n) is 4.34. The number of nitro groups is 1. The first-order chi connectivity index (χ1) is 8.66. The summed E-state index contributed by atoms with van der Waals surface area (Å²) in [6.07, 6.45) is 5.94. The van der Waals surface area contributed by atoms with E-state index in [1.807, 2.05) is 13.0 Å². The lowest BCUT2D eigenvalue weighted by Crippen LogP contribution is -2.23. The predicted molar refractivity (Wildman–Crippen MR) is 69.6 cm³/mol.